The van der Waals surface area contributed by atoms with Gasteiger partial charge in [-0.3, -0.25) is 4.79 Å². The number of Topliss-reactive ketones (excluding diaryl/α,β-unsaturated/α-hetero) is 1. The third-order valence-electron chi connectivity index (χ3n) is 3.31. The van der Waals surface area contributed by atoms with Crippen LogP contribution in [0.5, 0.6) is 0 Å². The Labute approximate surface area is 120 Å². The molecule has 2 fully saturated rings. The average Bonchev–Trinajstić information content (AvgIpc) is 2.26. The van der Waals surface area contributed by atoms with Crippen molar-refractivity contribution in [2.75, 3.05) is 5.32 Å². The number of anilines is 1. The maximum atomic E-state index is 13.1. The normalized spacial score (nSPS) is 18.2. The maximum Gasteiger partial charge on any atom is 0.138 e. The summed E-state index contributed by atoms with van der Waals surface area (Å²) in [5.41, 5.74) is 0.905. The second-order valence-electron chi connectivity index (χ2n) is 4.79. The van der Waals surface area contributed by atoms with Crippen LogP contribution in [0.3, 0.4) is 0 Å². The first kappa shape index (κ1) is 13.8. The molecule has 2 aliphatic carbocycles. The molecular weight excluding hydrogens is 344 g/mol. The van der Waals surface area contributed by atoms with Crippen molar-refractivity contribution in [2.24, 2.45) is 0 Å². The van der Waals surface area contributed by atoms with Gasteiger partial charge in [0.05, 0.1) is 0 Å². The van der Waals surface area contributed by atoms with Gasteiger partial charge in [-0.2, -0.15) is 0 Å². The summed E-state index contributed by atoms with van der Waals surface area (Å²) in [5, 5.41) is 3.30. The van der Waals surface area contributed by atoms with Crippen LogP contribution >= 0.6 is 22.6 Å². The first-order valence-corrected chi connectivity index (χ1v) is 7.46. The molecule has 0 bridgehead atoms. The third kappa shape index (κ3) is 3.93. The summed E-state index contributed by atoms with van der Waals surface area (Å²) in [6, 6.07) is 5.87. The summed E-state index contributed by atoms with van der Waals surface area (Å²) in [6.07, 6.45) is 6.56. The van der Waals surface area contributed by atoms with Crippen LogP contribution in [0.2, 0.25) is 0 Å². The van der Waals surface area contributed by atoms with Crippen molar-refractivity contribution in [1.82, 2.24) is 0 Å². The van der Waals surface area contributed by atoms with Gasteiger partial charge in [-0.05, 0) is 66.5 Å². The molecule has 0 aliphatic heterocycles. The second-order valence-corrected chi connectivity index (χ2v) is 5.96. The smallest absolute Gasteiger partial charge is 0.138 e. The Morgan fingerprint density at radius 3 is 2.28 bits per heavy atom. The van der Waals surface area contributed by atoms with Gasteiger partial charge in [0.15, 0.2) is 0 Å². The van der Waals surface area contributed by atoms with Crippen LogP contribution < -0.4 is 5.32 Å². The standard InChI is InChI=1S/C10H11FIN.C4H6O/c11-9-6-8(4-5-10(9)12)13-7-2-1-3-7;5-4-2-1-3-4/h4-7,13H,1-3H2;1-3H2. The Hall–Kier alpha value is -0.650. The molecule has 0 radical (unpaired) electrons. The first-order valence-electron chi connectivity index (χ1n) is 6.38. The van der Waals surface area contributed by atoms with E-state index < -0.39 is 0 Å². The molecule has 3 rings (SSSR count). The number of nitrogens with one attached hydrogen (secondary N) is 1. The van der Waals surface area contributed by atoms with E-state index in [0.717, 1.165) is 24.9 Å². The summed E-state index contributed by atoms with van der Waals surface area (Å²) in [4.78, 5) is 9.90. The van der Waals surface area contributed by atoms with E-state index in [0.29, 0.717) is 15.4 Å². The van der Waals surface area contributed by atoms with Gasteiger partial charge in [-0.1, -0.05) is 0 Å². The molecule has 0 aromatic heterocycles. The number of rotatable bonds is 2. The number of carbonyl (C=O) groups excluding carboxylic acids is 1. The summed E-state index contributed by atoms with van der Waals surface area (Å²) < 4.78 is 13.8. The zero-order valence-corrected chi connectivity index (χ0v) is 12.4. The van der Waals surface area contributed by atoms with E-state index >= 15 is 0 Å². The number of carbonyl (C=O) groups is 1. The minimum absolute atomic E-state index is 0.134. The molecule has 0 spiro atoms. The minimum Gasteiger partial charge on any atom is -0.382 e. The first-order chi connectivity index (χ1) is 8.65. The lowest BCUT2D eigenvalue weighted by atomic mass is 9.93. The van der Waals surface area contributed by atoms with Crippen LogP contribution in [0.15, 0.2) is 18.2 Å². The van der Waals surface area contributed by atoms with Crippen molar-refractivity contribution in [2.45, 2.75) is 44.6 Å². The fourth-order valence-electron chi connectivity index (χ4n) is 1.70. The molecule has 0 atom stereocenters. The quantitative estimate of drug-likeness (QED) is 0.803. The van der Waals surface area contributed by atoms with Gasteiger partial charge < -0.3 is 5.32 Å². The number of ketones is 1. The van der Waals surface area contributed by atoms with Gasteiger partial charge in [0.25, 0.3) is 0 Å². The van der Waals surface area contributed by atoms with Crippen molar-refractivity contribution in [3.05, 3.63) is 27.6 Å². The molecule has 0 heterocycles. The van der Waals surface area contributed by atoms with Crippen LogP contribution in [0.4, 0.5) is 10.1 Å². The molecule has 1 aromatic carbocycles. The van der Waals surface area contributed by atoms with Crippen molar-refractivity contribution in [1.29, 1.82) is 0 Å². The highest BCUT2D eigenvalue weighted by molar-refractivity contribution is 14.1. The minimum atomic E-state index is -0.134. The van der Waals surface area contributed by atoms with Gasteiger partial charge in [-0.15, -0.1) is 0 Å². The monoisotopic (exact) mass is 361 g/mol. The van der Waals surface area contributed by atoms with Crippen molar-refractivity contribution >= 4 is 34.1 Å². The predicted molar refractivity (Wildman–Crippen MR) is 79.2 cm³/mol. The molecule has 2 saturated carbocycles. The van der Waals surface area contributed by atoms with Crippen LogP contribution in [0, 0.1) is 9.39 Å². The van der Waals surface area contributed by atoms with E-state index in [9.17, 15) is 9.18 Å². The fraction of sp³-hybridized carbons (Fsp3) is 0.500. The van der Waals surface area contributed by atoms with Crippen molar-refractivity contribution < 1.29 is 9.18 Å². The van der Waals surface area contributed by atoms with Gasteiger partial charge >= 0.3 is 0 Å². The molecule has 1 N–H and O–H groups in total. The third-order valence-corrected chi connectivity index (χ3v) is 4.18. The van der Waals surface area contributed by atoms with Crippen molar-refractivity contribution in [3.8, 4) is 0 Å². The fourth-order valence-corrected chi connectivity index (χ4v) is 2.03. The van der Waals surface area contributed by atoms with Gasteiger partial charge in [0, 0.05) is 28.1 Å². The highest BCUT2D eigenvalue weighted by Gasteiger charge is 2.16. The number of hydrogen-bond donors (Lipinski definition) is 1. The summed E-state index contributed by atoms with van der Waals surface area (Å²) in [5.74, 6) is 0.301. The van der Waals surface area contributed by atoms with Crippen molar-refractivity contribution in [3.63, 3.8) is 0 Å². The van der Waals surface area contributed by atoms with Crippen LogP contribution in [-0.4, -0.2) is 11.8 Å². The molecule has 2 nitrogen and oxygen atoms in total. The lowest BCUT2D eigenvalue weighted by Gasteiger charge is -2.27. The van der Waals surface area contributed by atoms with Gasteiger partial charge in [-0.25, -0.2) is 4.39 Å². The lowest BCUT2D eigenvalue weighted by Crippen LogP contribution is -2.26. The SMILES string of the molecule is Fc1cc(NC2CCC2)ccc1I.O=C1CCC1. The topological polar surface area (TPSA) is 29.1 Å². The Kier molecular flexibility index (Phi) is 4.97. The maximum absolute atomic E-state index is 13.1. The summed E-state index contributed by atoms with van der Waals surface area (Å²) in [6.45, 7) is 0. The number of halogens is 2. The Balaban J connectivity index is 0.000000202. The molecule has 98 valence electrons. The highest BCUT2D eigenvalue weighted by Crippen LogP contribution is 2.24. The van der Waals surface area contributed by atoms with Gasteiger partial charge in [0.1, 0.15) is 11.6 Å². The molecule has 0 saturated heterocycles. The van der Waals surface area contributed by atoms with E-state index in [1.807, 2.05) is 28.7 Å². The second kappa shape index (κ2) is 6.50. The van der Waals surface area contributed by atoms with E-state index in [-0.39, 0.29) is 5.82 Å². The molecule has 1 aromatic rings. The van der Waals surface area contributed by atoms with E-state index in [2.05, 4.69) is 5.32 Å². The Morgan fingerprint density at radius 1 is 1.22 bits per heavy atom. The van der Waals surface area contributed by atoms with Gasteiger partial charge in [0.2, 0.25) is 0 Å². The molecule has 0 amide bonds. The largest absolute Gasteiger partial charge is 0.382 e. The highest BCUT2D eigenvalue weighted by atomic mass is 127. The van der Waals surface area contributed by atoms with E-state index in [4.69, 9.17) is 0 Å². The predicted octanol–water partition coefficient (Wildman–Crippen LogP) is 4.13. The Bertz CT molecular complexity index is 426. The summed E-state index contributed by atoms with van der Waals surface area (Å²) in [7, 11) is 0. The van der Waals surface area contributed by atoms with Crippen LogP contribution in [0.1, 0.15) is 38.5 Å². The Morgan fingerprint density at radius 2 is 1.89 bits per heavy atom. The van der Waals surface area contributed by atoms with Crippen LogP contribution in [-0.2, 0) is 4.79 Å². The van der Waals surface area contributed by atoms with E-state index in [1.165, 1.54) is 19.3 Å². The van der Waals surface area contributed by atoms with E-state index in [1.54, 1.807) is 12.1 Å². The molecule has 18 heavy (non-hydrogen) atoms. The molecular formula is C14H17FINO. The van der Waals surface area contributed by atoms with Crippen LogP contribution in [0.25, 0.3) is 0 Å². The lowest BCUT2D eigenvalue weighted by molar-refractivity contribution is -0.123. The average molecular weight is 361 g/mol. The summed E-state index contributed by atoms with van der Waals surface area (Å²) >= 11 is 2.00. The number of benzene rings is 1. The molecule has 2 aliphatic rings. The zero-order chi connectivity index (χ0) is 13.0. The molecule has 0 unspecified atom stereocenters. The number of hydrogen-bond acceptors (Lipinski definition) is 2. The molecule has 4 heteroatoms. The zero-order valence-electron chi connectivity index (χ0n) is 10.2.